The molecule has 0 unspecified atom stereocenters. The quantitative estimate of drug-likeness (QED) is 0.311. The third-order valence-electron chi connectivity index (χ3n) is 6.10. The van der Waals surface area contributed by atoms with Crippen molar-refractivity contribution in [2.75, 3.05) is 11.9 Å². The van der Waals surface area contributed by atoms with Crippen LogP contribution in [0, 0.1) is 5.92 Å². The van der Waals surface area contributed by atoms with Crippen LogP contribution in [0.4, 0.5) is 18.9 Å². The van der Waals surface area contributed by atoms with E-state index < -0.39 is 23.7 Å². The fourth-order valence-electron chi connectivity index (χ4n) is 3.92. The summed E-state index contributed by atoms with van der Waals surface area (Å²) in [5, 5.41) is 13.4. The zero-order chi connectivity index (χ0) is 28.5. The fraction of sp³-hybridized carbons (Fsp3) is 0.370. The minimum Gasteiger partial charge on any atom is -0.350 e. The number of amides is 2. The number of carbonyl (C=O) groups excluding carboxylic acids is 2. The molecule has 0 atom stereocenters. The Morgan fingerprint density at radius 3 is 2.33 bits per heavy atom. The third-order valence-corrected chi connectivity index (χ3v) is 6.10. The van der Waals surface area contributed by atoms with Gasteiger partial charge in [0.25, 0.3) is 11.8 Å². The topological polar surface area (TPSA) is 106 Å². The Kier molecular flexibility index (Phi) is 7.75. The van der Waals surface area contributed by atoms with Gasteiger partial charge in [0.2, 0.25) is 0 Å². The van der Waals surface area contributed by atoms with E-state index in [1.165, 1.54) is 10.9 Å². The maximum atomic E-state index is 14.0. The van der Waals surface area contributed by atoms with Gasteiger partial charge in [-0.3, -0.25) is 14.3 Å². The molecule has 0 aliphatic carbocycles. The highest BCUT2D eigenvalue weighted by Crippen LogP contribution is 2.33. The average Bonchev–Trinajstić information content (AvgIpc) is 3.50. The van der Waals surface area contributed by atoms with Gasteiger partial charge in [-0.15, -0.1) is 0 Å². The Bertz CT molecular complexity index is 1500. The molecule has 0 saturated carbocycles. The number of rotatable bonds is 8. The van der Waals surface area contributed by atoms with E-state index in [1.54, 1.807) is 12.1 Å². The van der Waals surface area contributed by atoms with Crippen LogP contribution in [0.25, 0.3) is 16.9 Å². The summed E-state index contributed by atoms with van der Waals surface area (Å²) in [5.41, 5.74) is 0.151. The van der Waals surface area contributed by atoms with E-state index in [0.29, 0.717) is 23.2 Å². The summed E-state index contributed by atoms with van der Waals surface area (Å²) in [4.78, 5) is 30.4. The van der Waals surface area contributed by atoms with Crippen molar-refractivity contribution in [2.45, 2.75) is 53.3 Å². The van der Waals surface area contributed by atoms with E-state index in [4.69, 9.17) is 0 Å². The zero-order valence-electron chi connectivity index (χ0n) is 22.3. The zero-order valence-corrected chi connectivity index (χ0v) is 22.3. The molecule has 4 aromatic rings. The van der Waals surface area contributed by atoms with E-state index in [2.05, 4.69) is 25.8 Å². The van der Waals surface area contributed by atoms with E-state index in [-0.39, 0.29) is 40.1 Å². The van der Waals surface area contributed by atoms with Crippen molar-refractivity contribution in [1.82, 2.24) is 29.7 Å². The molecule has 3 heterocycles. The average molecular weight is 542 g/mol. The van der Waals surface area contributed by atoms with Crippen LogP contribution in [-0.4, -0.2) is 42.7 Å². The molecular formula is C27H30F3N7O2. The molecule has 1 aromatic carbocycles. The van der Waals surface area contributed by atoms with Crippen molar-refractivity contribution in [3.8, 4) is 11.3 Å². The first kappa shape index (κ1) is 27.8. The van der Waals surface area contributed by atoms with Gasteiger partial charge in [-0.1, -0.05) is 52.0 Å². The van der Waals surface area contributed by atoms with Gasteiger partial charge in [-0.05, 0) is 30.4 Å². The van der Waals surface area contributed by atoms with Crippen LogP contribution in [0.1, 0.15) is 72.6 Å². The van der Waals surface area contributed by atoms with E-state index >= 15 is 0 Å². The van der Waals surface area contributed by atoms with Crippen LogP contribution in [0.15, 0.2) is 42.7 Å². The second kappa shape index (κ2) is 10.9. The van der Waals surface area contributed by atoms with Gasteiger partial charge in [-0.2, -0.15) is 23.4 Å². The molecule has 3 aromatic heterocycles. The minimum absolute atomic E-state index is 0.00260. The Labute approximate surface area is 223 Å². The maximum Gasteiger partial charge on any atom is 0.433 e. The number of carbonyl (C=O) groups is 2. The molecule has 2 N–H and O–H groups in total. The lowest BCUT2D eigenvalue weighted by molar-refractivity contribution is -0.142. The Morgan fingerprint density at radius 2 is 1.74 bits per heavy atom. The molecule has 39 heavy (non-hydrogen) atoms. The highest BCUT2D eigenvalue weighted by Gasteiger charge is 2.36. The lowest BCUT2D eigenvalue weighted by Gasteiger charge is -2.12. The van der Waals surface area contributed by atoms with Crippen molar-refractivity contribution in [1.29, 1.82) is 0 Å². The molecule has 0 bridgehead atoms. The van der Waals surface area contributed by atoms with Gasteiger partial charge in [0.05, 0.1) is 17.6 Å². The van der Waals surface area contributed by atoms with Crippen molar-refractivity contribution < 1.29 is 22.8 Å². The molecule has 0 fully saturated rings. The third kappa shape index (κ3) is 5.94. The number of halogens is 3. The summed E-state index contributed by atoms with van der Waals surface area (Å²) < 4.78 is 44.1. The summed E-state index contributed by atoms with van der Waals surface area (Å²) in [6.07, 6.45) is -2.23. The first-order valence-corrected chi connectivity index (χ1v) is 12.6. The predicted molar refractivity (Wildman–Crippen MR) is 141 cm³/mol. The second-order valence-corrected chi connectivity index (χ2v) is 9.90. The van der Waals surface area contributed by atoms with Crippen LogP contribution in [0.5, 0.6) is 0 Å². The maximum absolute atomic E-state index is 14.0. The van der Waals surface area contributed by atoms with E-state index in [1.807, 2.05) is 46.8 Å². The van der Waals surface area contributed by atoms with Gasteiger partial charge in [-0.25, -0.2) is 9.50 Å². The molecular weight excluding hydrogens is 511 g/mol. The van der Waals surface area contributed by atoms with E-state index in [0.717, 1.165) is 17.8 Å². The molecule has 0 saturated heterocycles. The highest BCUT2D eigenvalue weighted by molar-refractivity contribution is 6.11. The fourth-order valence-corrected chi connectivity index (χ4v) is 3.92. The molecule has 9 nitrogen and oxygen atoms in total. The molecule has 0 spiro atoms. The van der Waals surface area contributed by atoms with Crippen molar-refractivity contribution in [3.63, 3.8) is 0 Å². The van der Waals surface area contributed by atoms with Crippen molar-refractivity contribution in [2.24, 2.45) is 5.92 Å². The van der Waals surface area contributed by atoms with Crippen LogP contribution >= 0.6 is 0 Å². The Hall–Kier alpha value is -4.22. The van der Waals surface area contributed by atoms with Gasteiger partial charge in [0.15, 0.2) is 17.0 Å². The normalized spacial score (nSPS) is 11.9. The summed E-state index contributed by atoms with van der Waals surface area (Å²) in [7, 11) is 0. The molecule has 206 valence electrons. The van der Waals surface area contributed by atoms with Crippen LogP contribution in [0.2, 0.25) is 0 Å². The van der Waals surface area contributed by atoms with Gasteiger partial charge < -0.3 is 10.6 Å². The SMILES string of the molecule is CCn1cc(NC(=O)c2cnn3c(C(F)(F)F)cc(-c4ccc(C(C)C)cc4)nc23)c(C(=O)NCC(C)C)n1. The van der Waals surface area contributed by atoms with Crippen molar-refractivity contribution in [3.05, 3.63) is 65.2 Å². The van der Waals surface area contributed by atoms with Crippen LogP contribution in [-0.2, 0) is 12.7 Å². The number of hydrogen-bond donors (Lipinski definition) is 2. The standard InChI is InChI=1S/C27H30F3N7O2/c1-6-36-14-21(23(35-36)26(39)31-12-15(2)3)34-25(38)19-13-32-37-22(27(28,29)30)11-20(33-24(19)37)18-9-7-17(8-10-18)16(4)5/h7-11,13-16H,6,12H2,1-5H3,(H,31,39)(H,34,38). The molecule has 0 aliphatic heterocycles. The smallest absolute Gasteiger partial charge is 0.350 e. The van der Waals surface area contributed by atoms with Gasteiger partial charge in [0.1, 0.15) is 5.56 Å². The summed E-state index contributed by atoms with van der Waals surface area (Å²) in [6, 6.07) is 7.98. The summed E-state index contributed by atoms with van der Waals surface area (Å²) >= 11 is 0. The first-order valence-electron chi connectivity index (χ1n) is 12.6. The molecule has 2 amide bonds. The number of aryl methyl sites for hydroxylation is 1. The van der Waals surface area contributed by atoms with Crippen molar-refractivity contribution >= 4 is 23.1 Å². The van der Waals surface area contributed by atoms with Gasteiger partial charge in [0, 0.05) is 24.8 Å². The number of nitrogens with zero attached hydrogens (tertiary/aromatic N) is 5. The van der Waals surface area contributed by atoms with Crippen LogP contribution in [0.3, 0.4) is 0 Å². The van der Waals surface area contributed by atoms with Gasteiger partial charge >= 0.3 is 6.18 Å². The Balaban J connectivity index is 1.75. The minimum atomic E-state index is -4.75. The number of aromatic nitrogens is 5. The number of benzene rings is 1. The molecule has 0 aliphatic rings. The number of fused-ring (bicyclic) bond motifs is 1. The molecule has 0 radical (unpaired) electrons. The largest absolute Gasteiger partial charge is 0.433 e. The number of anilines is 1. The lowest BCUT2D eigenvalue weighted by atomic mass is 10.0. The lowest BCUT2D eigenvalue weighted by Crippen LogP contribution is -2.28. The van der Waals surface area contributed by atoms with Crippen LogP contribution < -0.4 is 10.6 Å². The monoisotopic (exact) mass is 541 g/mol. The first-order chi connectivity index (χ1) is 18.4. The molecule has 4 rings (SSSR count). The number of nitrogens with one attached hydrogen (secondary N) is 2. The highest BCUT2D eigenvalue weighted by atomic mass is 19.4. The molecule has 12 heteroatoms. The second-order valence-electron chi connectivity index (χ2n) is 9.90. The summed E-state index contributed by atoms with van der Waals surface area (Å²) in [5.74, 6) is -0.800. The predicted octanol–water partition coefficient (Wildman–Crippen LogP) is 5.39. The summed E-state index contributed by atoms with van der Waals surface area (Å²) in [6.45, 7) is 10.6. The van der Waals surface area contributed by atoms with E-state index in [9.17, 15) is 22.8 Å². The Morgan fingerprint density at radius 1 is 1.05 bits per heavy atom. The number of hydrogen-bond acceptors (Lipinski definition) is 5. The number of alkyl halides is 3.